The molecule has 0 spiro atoms. The summed E-state index contributed by atoms with van der Waals surface area (Å²) in [5.74, 6) is -0.804. The molecule has 1 fully saturated rings. The Hall–Kier alpha value is -1.29. The summed E-state index contributed by atoms with van der Waals surface area (Å²) in [6.07, 6.45) is 1.07. The SMILES string of the molecule is O=C(NCc1ccccc1F)C1CCCN1S(=O)(=O)c1ccc(Br)s1. The van der Waals surface area contributed by atoms with E-state index in [2.05, 4.69) is 21.2 Å². The van der Waals surface area contributed by atoms with Gasteiger partial charge in [0.05, 0.1) is 3.79 Å². The number of halogens is 2. The fourth-order valence-electron chi connectivity index (χ4n) is 2.78. The van der Waals surface area contributed by atoms with E-state index in [0.29, 0.717) is 28.7 Å². The predicted octanol–water partition coefficient (Wildman–Crippen LogP) is 3.12. The number of amides is 1. The molecule has 0 bridgehead atoms. The number of nitrogens with one attached hydrogen (secondary N) is 1. The molecule has 2 aromatic rings. The van der Waals surface area contributed by atoms with Gasteiger partial charge in [0.15, 0.2) is 0 Å². The van der Waals surface area contributed by atoms with Crippen LogP contribution in [0.5, 0.6) is 0 Å². The molecule has 1 aromatic heterocycles. The first kappa shape index (κ1) is 18.5. The zero-order valence-electron chi connectivity index (χ0n) is 13.1. The van der Waals surface area contributed by atoms with Crippen molar-refractivity contribution in [1.29, 1.82) is 0 Å². The van der Waals surface area contributed by atoms with Crippen LogP contribution in [0.25, 0.3) is 0 Å². The molecule has 3 rings (SSSR count). The van der Waals surface area contributed by atoms with Crippen LogP contribution in [0.1, 0.15) is 18.4 Å². The lowest BCUT2D eigenvalue weighted by Gasteiger charge is -2.22. The highest BCUT2D eigenvalue weighted by molar-refractivity contribution is 9.11. The highest BCUT2D eigenvalue weighted by Crippen LogP contribution is 2.32. The standard InChI is InChI=1S/C16H16BrFN2O3S2/c17-14-7-8-15(24-14)25(22,23)20-9-3-6-13(20)16(21)19-10-11-4-1-2-5-12(11)18/h1-2,4-5,7-8,13H,3,6,9-10H2,(H,19,21). The quantitative estimate of drug-likeness (QED) is 0.766. The third kappa shape index (κ3) is 3.94. The van der Waals surface area contributed by atoms with Crippen LogP contribution in [0.15, 0.2) is 44.4 Å². The van der Waals surface area contributed by atoms with Gasteiger partial charge in [0.25, 0.3) is 10.0 Å². The fourth-order valence-corrected chi connectivity index (χ4v) is 6.58. The van der Waals surface area contributed by atoms with Crippen LogP contribution in [-0.4, -0.2) is 31.2 Å². The second-order valence-electron chi connectivity index (χ2n) is 5.64. The lowest BCUT2D eigenvalue weighted by atomic mass is 10.2. The van der Waals surface area contributed by atoms with Crippen molar-refractivity contribution in [3.8, 4) is 0 Å². The Balaban J connectivity index is 1.73. The summed E-state index contributed by atoms with van der Waals surface area (Å²) < 4.78 is 41.3. The van der Waals surface area contributed by atoms with E-state index in [-0.39, 0.29) is 10.8 Å². The Morgan fingerprint density at radius 3 is 2.76 bits per heavy atom. The second-order valence-corrected chi connectivity index (χ2v) is 10.2. The highest BCUT2D eigenvalue weighted by atomic mass is 79.9. The molecule has 1 unspecified atom stereocenters. The van der Waals surface area contributed by atoms with Crippen molar-refractivity contribution < 1.29 is 17.6 Å². The molecule has 134 valence electrons. The van der Waals surface area contributed by atoms with Gasteiger partial charge < -0.3 is 5.32 Å². The minimum atomic E-state index is -3.72. The molecule has 0 aliphatic carbocycles. The third-order valence-electron chi connectivity index (χ3n) is 4.03. The molecule has 25 heavy (non-hydrogen) atoms. The molecule has 1 aliphatic heterocycles. The maximum atomic E-state index is 13.6. The molecular formula is C16H16BrFN2O3S2. The molecule has 1 saturated heterocycles. The van der Waals surface area contributed by atoms with Gasteiger partial charge >= 0.3 is 0 Å². The summed E-state index contributed by atoms with van der Waals surface area (Å²) in [6.45, 7) is 0.329. The van der Waals surface area contributed by atoms with Gasteiger partial charge in [0.2, 0.25) is 5.91 Å². The van der Waals surface area contributed by atoms with Crippen molar-refractivity contribution in [2.24, 2.45) is 0 Å². The Labute approximate surface area is 158 Å². The number of sulfonamides is 1. The van der Waals surface area contributed by atoms with Crippen molar-refractivity contribution in [2.75, 3.05) is 6.54 Å². The molecule has 2 heterocycles. The zero-order chi connectivity index (χ0) is 18.0. The van der Waals surface area contributed by atoms with Crippen LogP contribution in [0, 0.1) is 5.82 Å². The van der Waals surface area contributed by atoms with Gasteiger partial charge in [-0.2, -0.15) is 4.31 Å². The monoisotopic (exact) mass is 446 g/mol. The Morgan fingerprint density at radius 2 is 2.08 bits per heavy atom. The zero-order valence-corrected chi connectivity index (χ0v) is 16.3. The Bertz CT molecular complexity index is 885. The van der Waals surface area contributed by atoms with Crippen molar-refractivity contribution in [1.82, 2.24) is 9.62 Å². The van der Waals surface area contributed by atoms with Gasteiger partial charge in [0.1, 0.15) is 16.1 Å². The molecule has 1 amide bonds. The molecular weight excluding hydrogens is 431 g/mol. The summed E-state index contributed by atoms with van der Waals surface area (Å²) in [4.78, 5) is 12.5. The number of benzene rings is 1. The van der Waals surface area contributed by atoms with Crippen LogP contribution >= 0.6 is 27.3 Å². The van der Waals surface area contributed by atoms with E-state index in [1.54, 1.807) is 24.3 Å². The number of hydrogen-bond donors (Lipinski definition) is 1. The third-order valence-corrected chi connectivity index (χ3v) is 8.03. The van der Waals surface area contributed by atoms with Crippen LogP contribution in [0.4, 0.5) is 4.39 Å². The van der Waals surface area contributed by atoms with Crippen LogP contribution in [-0.2, 0) is 21.4 Å². The van der Waals surface area contributed by atoms with Crippen molar-refractivity contribution in [3.05, 3.63) is 51.6 Å². The van der Waals surface area contributed by atoms with E-state index < -0.39 is 27.8 Å². The molecule has 1 atom stereocenters. The van der Waals surface area contributed by atoms with E-state index in [4.69, 9.17) is 0 Å². The fraction of sp³-hybridized carbons (Fsp3) is 0.312. The van der Waals surface area contributed by atoms with Gasteiger partial charge in [-0.15, -0.1) is 11.3 Å². The Morgan fingerprint density at radius 1 is 1.32 bits per heavy atom. The van der Waals surface area contributed by atoms with E-state index >= 15 is 0 Å². The van der Waals surface area contributed by atoms with Gasteiger partial charge in [-0.1, -0.05) is 18.2 Å². The second kappa shape index (κ2) is 7.53. The number of hydrogen-bond acceptors (Lipinski definition) is 4. The molecule has 0 radical (unpaired) electrons. The molecule has 1 aromatic carbocycles. The number of rotatable bonds is 5. The first-order chi connectivity index (χ1) is 11.9. The minimum absolute atomic E-state index is 0.0282. The summed E-state index contributed by atoms with van der Waals surface area (Å²) >= 11 is 4.37. The largest absolute Gasteiger partial charge is 0.351 e. The van der Waals surface area contributed by atoms with Crippen molar-refractivity contribution >= 4 is 43.2 Å². The molecule has 5 nitrogen and oxygen atoms in total. The topological polar surface area (TPSA) is 66.5 Å². The number of nitrogens with zero attached hydrogens (tertiary/aromatic N) is 1. The normalized spacial score (nSPS) is 18.4. The molecule has 1 N–H and O–H groups in total. The summed E-state index contributed by atoms with van der Waals surface area (Å²) in [5, 5.41) is 2.65. The van der Waals surface area contributed by atoms with Gasteiger partial charge in [-0.3, -0.25) is 4.79 Å². The van der Waals surface area contributed by atoms with E-state index in [1.807, 2.05) is 0 Å². The molecule has 9 heteroatoms. The van der Waals surface area contributed by atoms with Crippen LogP contribution in [0.2, 0.25) is 0 Å². The summed E-state index contributed by atoms with van der Waals surface area (Å²) in [5.41, 5.74) is 0.366. The first-order valence-electron chi connectivity index (χ1n) is 7.68. The van der Waals surface area contributed by atoms with Crippen LogP contribution in [0.3, 0.4) is 0 Å². The van der Waals surface area contributed by atoms with E-state index in [9.17, 15) is 17.6 Å². The smallest absolute Gasteiger partial charge is 0.253 e. The van der Waals surface area contributed by atoms with E-state index in [1.165, 1.54) is 16.4 Å². The average molecular weight is 447 g/mol. The lowest BCUT2D eigenvalue weighted by molar-refractivity contribution is -0.124. The minimum Gasteiger partial charge on any atom is -0.351 e. The predicted molar refractivity (Wildman–Crippen MR) is 97.2 cm³/mol. The molecule has 1 aliphatic rings. The highest BCUT2D eigenvalue weighted by Gasteiger charge is 2.39. The number of thiophene rings is 1. The summed E-state index contributed by atoms with van der Waals surface area (Å²) in [7, 11) is -3.72. The van der Waals surface area contributed by atoms with Crippen molar-refractivity contribution in [3.63, 3.8) is 0 Å². The summed E-state index contributed by atoms with van der Waals surface area (Å²) in [6, 6.07) is 8.59. The Kier molecular flexibility index (Phi) is 5.57. The van der Waals surface area contributed by atoms with E-state index in [0.717, 1.165) is 11.3 Å². The first-order valence-corrected chi connectivity index (χ1v) is 10.7. The van der Waals surface area contributed by atoms with Crippen LogP contribution < -0.4 is 5.32 Å². The number of carbonyl (C=O) groups excluding carboxylic acids is 1. The average Bonchev–Trinajstić information content (AvgIpc) is 3.23. The van der Waals surface area contributed by atoms with Gasteiger partial charge in [-0.05, 0) is 47.0 Å². The lowest BCUT2D eigenvalue weighted by Crippen LogP contribution is -2.45. The maximum absolute atomic E-state index is 13.6. The van der Waals surface area contributed by atoms with Gasteiger partial charge in [-0.25, -0.2) is 12.8 Å². The van der Waals surface area contributed by atoms with Crippen molar-refractivity contribution in [2.45, 2.75) is 29.6 Å². The number of carbonyl (C=O) groups is 1. The maximum Gasteiger partial charge on any atom is 0.253 e. The molecule has 0 saturated carbocycles. The van der Waals surface area contributed by atoms with Gasteiger partial charge in [0, 0.05) is 18.7 Å².